The van der Waals surface area contributed by atoms with Gasteiger partial charge in [0.2, 0.25) is 0 Å². The number of aliphatic hydroxyl groups excluding tert-OH is 1. The van der Waals surface area contributed by atoms with Gasteiger partial charge in [0.15, 0.2) is 0 Å². The molecule has 0 aromatic heterocycles. The molecule has 4 fully saturated rings. The van der Waals surface area contributed by atoms with Crippen LogP contribution in [0.15, 0.2) is 0 Å². The van der Waals surface area contributed by atoms with Crippen molar-refractivity contribution in [3.05, 3.63) is 0 Å². The van der Waals surface area contributed by atoms with Crippen molar-refractivity contribution in [2.75, 3.05) is 0 Å². The number of hydrogen-bond donors (Lipinski definition) is 1. The maximum absolute atomic E-state index is 11.2. The molecule has 9 atom stereocenters. The van der Waals surface area contributed by atoms with Gasteiger partial charge in [-0.15, -0.1) is 0 Å². The molecule has 0 aromatic rings. The Hall–Kier alpha value is -0.370. The van der Waals surface area contributed by atoms with Crippen molar-refractivity contribution in [3.63, 3.8) is 0 Å². The van der Waals surface area contributed by atoms with Gasteiger partial charge < -0.3 is 9.90 Å². The Morgan fingerprint density at radius 2 is 1.80 bits per heavy atom. The van der Waals surface area contributed by atoms with Crippen molar-refractivity contribution < 1.29 is 9.90 Å². The third-order valence-electron chi connectivity index (χ3n) is 9.83. The summed E-state index contributed by atoms with van der Waals surface area (Å²) >= 11 is 0. The van der Waals surface area contributed by atoms with Crippen LogP contribution in [0.25, 0.3) is 0 Å². The molecule has 2 nitrogen and oxygen atoms in total. The maximum atomic E-state index is 11.2. The lowest BCUT2D eigenvalue weighted by Gasteiger charge is -2.62. The van der Waals surface area contributed by atoms with Crippen LogP contribution in [-0.2, 0) is 4.79 Å². The number of hydrogen-bond acceptors (Lipinski definition) is 2. The molecular formula is C23H38O2. The van der Waals surface area contributed by atoms with Crippen LogP contribution in [0.1, 0.15) is 85.0 Å². The minimum Gasteiger partial charge on any atom is -0.393 e. The number of aldehydes is 1. The lowest BCUT2D eigenvalue weighted by molar-refractivity contribution is -0.164. The third-order valence-corrected chi connectivity index (χ3v) is 9.83. The highest BCUT2D eigenvalue weighted by molar-refractivity contribution is 5.49. The van der Waals surface area contributed by atoms with Crippen molar-refractivity contribution >= 4 is 6.29 Å². The topological polar surface area (TPSA) is 37.3 Å². The molecule has 4 aliphatic rings. The van der Waals surface area contributed by atoms with Crippen molar-refractivity contribution in [2.24, 2.45) is 46.3 Å². The molecule has 0 heterocycles. The normalized spacial score (nSPS) is 53.4. The van der Waals surface area contributed by atoms with E-state index in [0.29, 0.717) is 40.9 Å². The molecular weight excluding hydrogens is 308 g/mol. The summed E-state index contributed by atoms with van der Waals surface area (Å²) in [6, 6.07) is 0. The Morgan fingerprint density at radius 1 is 1.04 bits per heavy atom. The Labute approximate surface area is 154 Å². The molecule has 0 radical (unpaired) electrons. The number of rotatable bonds is 3. The molecule has 142 valence electrons. The van der Waals surface area contributed by atoms with Crippen LogP contribution >= 0.6 is 0 Å². The largest absolute Gasteiger partial charge is 0.393 e. The second-order valence-corrected chi connectivity index (χ2v) is 10.6. The van der Waals surface area contributed by atoms with E-state index >= 15 is 0 Å². The highest BCUT2D eigenvalue weighted by Crippen LogP contribution is 2.68. The molecule has 1 N–H and O–H groups in total. The van der Waals surface area contributed by atoms with Crippen LogP contribution in [0.5, 0.6) is 0 Å². The Morgan fingerprint density at radius 3 is 2.56 bits per heavy atom. The van der Waals surface area contributed by atoms with Crippen molar-refractivity contribution in [1.82, 2.24) is 0 Å². The fourth-order valence-electron chi connectivity index (χ4n) is 8.55. The molecule has 25 heavy (non-hydrogen) atoms. The molecule has 0 bridgehead atoms. The Kier molecular flexibility index (Phi) is 4.58. The van der Waals surface area contributed by atoms with Gasteiger partial charge in [-0.2, -0.15) is 0 Å². The van der Waals surface area contributed by atoms with Gasteiger partial charge in [-0.3, -0.25) is 0 Å². The van der Waals surface area contributed by atoms with Gasteiger partial charge in [0, 0.05) is 6.42 Å². The van der Waals surface area contributed by atoms with Crippen molar-refractivity contribution in [3.8, 4) is 0 Å². The Bertz CT molecular complexity index is 516. The van der Waals surface area contributed by atoms with E-state index < -0.39 is 0 Å². The first-order chi connectivity index (χ1) is 11.9. The van der Waals surface area contributed by atoms with E-state index in [4.69, 9.17) is 0 Å². The summed E-state index contributed by atoms with van der Waals surface area (Å²) in [5.74, 6) is 3.87. The highest BCUT2D eigenvalue weighted by atomic mass is 16.3. The smallest absolute Gasteiger partial charge is 0.120 e. The zero-order chi connectivity index (χ0) is 17.8. The van der Waals surface area contributed by atoms with E-state index in [0.717, 1.165) is 24.5 Å². The van der Waals surface area contributed by atoms with Gasteiger partial charge in [0.1, 0.15) is 6.29 Å². The maximum Gasteiger partial charge on any atom is 0.120 e. The predicted molar refractivity (Wildman–Crippen MR) is 101 cm³/mol. The van der Waals surface area contributed by atoms with Gasteiger partial charge >= 0.3 is 0 Å². The van der Waals surface area contributed by atoms with E-state index in [2.05, 4.69) is 20.8 Å². The fourth-order valence-corrected chi connectivity index (χ4v) is 8.55. The first-order valence-corrected chi connectivity index (χ1v) is 11.0. The van der Waals surface area contributed by atoms with Gasteiger partial charge in [0.05, 0.1) is 6.10 Å². The lowest BCUT2D eigenvalue weighted by atomic mass is 9.44. The molecule has 6 unspecified atom stereocenters. The Balaban J connectivity index is 1.62. The van der Waals surface area contributed by atoms with Crippen LogP contribution in [0.3, 0.4) is 0 Å². The van der Waals surface area contributed by atoms with Gasteiger partial charge in [-0.1, -0.05) is 33.6 Å². The van der Waals surface area contributed by atoms with Gasteiger partial charge in [-0.25, -0.2) is 0 Å². The van der Waals surface area contributed by atoms with E-state index in [1.54, 1.807) is 0 Å². The van der Waals surface area contributed by atoms with E-state index in [1.807, 2.05) is 0 Å². The number of carbonyl (C=O) groups is 1. The van der Waals surface area contributed by atoms with E-state index in [9.17, 15) is 9.90 Å². The second-order valence-electron chi connectivity index (χ2n) is 10.6. The molecule has 4 saturated carbocycles. The summed E-state index contributed by atoms with van der Waals surface area (Å²) in [5, 5.41) is 11.2. The average molecular weight is 347 g/mol. The molecule has 0 aliphatic heterocycles. The summed E-state index contributed by atoms with van der Waals surface area (Å²) < 4.78 is 0. The fraction of sp³-hybridized carbons (Fsp3) is 0.957. The third kappa shape index (κ3) is 2.57. The highest BCUT2D eigenvalue weighted by Gasteiger charge is 2.62. The monoisotopic (exact) mass is 346 g/mol. The van der Waals surface area contributed by atoms with Crippen molar-refractivity contribution in [1.29, 1.82) is 0 Å². The summed E-state index contributed by atoms with van der Waals surface area (Å²) in [7, 11) is 0. The van der Waals surface area contributed by atoms with Crippen LogP contribution in [0.2, 0.25) is 0 Å². The summed E-state index contributed by atoms with van der Waals surface area (Å²) in [6.45, 7) is 7.37. The van der Waals surface area contributed by atoms with Crippen LogP contribution in [-0.4, -0.2) is 17.5 Å². The van der Waals surface area contributed by atoms with Crippen LogP contribution in [0.4, 0.5) is 0 Å². The zero-order valence-electron chi connectivity index (χ0n) is 16.5. The molecule has 0 spiro atoms. The van der Waals surface area contributed by atoms with Gasteiger partial charge in [-0.05, 0) is 91.3 Å². The molecule has 2 heteroatoms. The molecule has 0 aromatic carbocycles. The zero-order valence-corrected chi connectivity index (χ0v) is 16.5. The quantitative estimate of drug-likeness (QED) is 0.710. The number of carbonyl (C=O) groups excluding carboxylic acids is 1. The summed E-state index contributed by atoms with van der Waals surface area (Å²) in [4.78, 5) is 11.1. The summed E-state index contributed by atoms with van der Waals surface area (Å²) in [6.07, 6.45) is 13.5. The van der Waals surface area contributed by atoms with Crippen LogP contribution < -0.4 is 0 Å². The molecule has 0 saturated heterocycles. The molecule has 4 rings (SSSR count). The summed E-state index contributed by atoms with van der Waals surface area (Å²) in [5.41, 5.74) is 0.832. The first kappa shape index (κ1) is 18.0. The number of fused-ring (bicyclic) bond motifs is 5. The standard InChI is InChI=1S/C23H38O2/c1-15(10-13-24)17-7-8-18-21-19(9-12-23(17,18)3)22(2)11-5-4-6-16(22)14-20(21)25/h13,15-21,25H,4-12,14H2,1-3H3/t15-,16?,17?,18?,19?,20?,21?,22+,23-/m0/s1. The molecule has 4 aliphatic carbocycles. The predicted octanol–water partition coefficient (Wildman–Crippen LogP) is 5.23. The average Bonchev–Trinajstić information content (AvgIpc) is 2.93. The molecule has 0 amide bonds. The van der Waals surface area contributed by atoms with Gasteiger partial charge in [0.25, 0.3) is 0 Å². The SMILES string of the molecule is C[C@@H](CC=O)C1CCC2C3C(O)CC4CCCC[C@@]4(C)C3CC[C@]21C. The van der Waals surface area contributed by atoms with E-state index in [1.165, 1.54) is 51.4 Å². The second kappa shape index (κ2) is 6.36. The minimum absolute atomic E-state index is 0.0778. The minimum atomic E-state index is -0.0778. The van der Waals surface area contributed by atoms with E-state index in [-0.39, 0.29) is 6.10 Å². The van der Waals surface area contributed by atoms with Crippen LogP contribution in [0, 0.1) is 46.3 Å². The first-order valence-electron chi connectivity index (χ1n) is 11.0. The van der Waals surface area contributed by atoms with Crippen molar-refractivity contribution in [2.45, 2.75) is 91.1 Å². The lowest BCUT2D eigenvalue weighted by Crippen LogP contribution is -2.57. The number of aliphatic hydroxyl groups is 1.